The monoisotopic (exact) mass is 168 g/mol. The highest BCUT2D eigenvalue weighted by molar-refractivity contribution is 5.67. The van der Waals surface area contributed by atoms with E-state index < -0.39 is 6.09 Å². The van der Waals surface area contributed by atoms with E-state index in [1.165, 1.54) is 18.5 Å². The molecule has 0 saturated heterocycles. The Morgan fingerprint density at radius 1 is 1.67 bits per heavy atom. The number of nitrogens with two attached hydrogens (primary N) is 1. The van der Waals surface area contributed by atoms with Crippen LogP contribution in [0.5, 0.6) is 5.75 Å². The van der Waals surface area contributed by atoms with Crippen molar-refractivity contribution in [2.24, 2.45) is 5.73 Å². The number of ether oxygens (including phenoxy) is 1. The number of carbonyl (C=O) groups is 1. The van der Waals surface area contributed by atoms with Gasteiger partial charge in [-0.2, -0.15) is 0 Å². The first-order chi connectivity index (χ1) is 5.72. The molecule has 0 saturated carbocycles. The van der Waals surface area contributed by atoms with Crippen molar-refractivity contribution in [2.45, 2.75) is 6.61 Å². The van der Waals surface area contributed by atoms with Gasteiger partial charge in [0.1, 0.15) is 0 Å². The standard InChI is InChI=1S/C7H8N2O3/c8-7(11)12-6-1-5(4-10)2-9-3-6/h1-3,10H,4H2,(H2,8,11). The lowest BCUT2D eigenvalue weighted by Gasteiger charge is -2.00. The maximum atomic E-state index is 10.3. The van der Waals surface area contributed by atoms with Gasteiger partial charge in [0.2, 0.25) is 0 Å². The molecule has 5 nitrogen and oxygen atoms in total. The third kappa shape index (κ3) is 2.21. The van der Waals surface area contributed by atoms with Crippen molar-refractivity contribution in [3.05, 3.63) is 24.0 Å². The Morgan fingerprint density at radius 3 is 3.00 bits per heavy atom. The molecule has 1 heterocycles. The molecule has 1 rings (SSSR count). The number of carbonyl (C=O) groups excluding carboxylic acids is 1. The first kappa shape index (κ1) is 8.48. The Bertz CT molecular complexity index is 288. The molecular weight excluding hydrogens is 160 g/mol. The van der Waals surface area contributed by atoms with E-state index in [4.69, 9.17) is 10.8 Å². The molecular formula is C7H8N2O3. The van der Waals surface area contributed by atoms with Gasteiger partial charge in [0.25, 0.3) is 0 Å². The normalized spacial score (nSPS) is 9.42. The molecule has 1 aromatic heterocycles. The van der Waals surface area contributed by atoms with Gasteiger partial charge in [-0.3, -0.25) is 4.98 Å². The third-order valence-electron chi connectivity index (χ3n) is 1.17. The smallest absolute Gasteiger partial charge is 0.409 e. The zero-order valence-corrected chi connectivity index (χ0v) is 6.23. The number of aromatic nitrogens is 1. The van der Waals surface area contributed by atoms with Crippen molar-refractivity contribution in [1.82, 2.24) is 4.98 Å². The summed E-state index contributed by atoms with van der Waals surface area (Å²) in [7, 11) is 0. The summed E-state index contributed by atoms with van der Waals surface area (Å²) in [5, 5.41) is 8.68. The molecule has 0 aromatic carbocycles. The van der Waals surface area contributed by atoms with Crippen molar-refractivity contribution >= 4 is 6.09 Å². The molecule has 0 bridgehead atoms. The maximum absolute atomic E-state index is 10.3. The molecule has 5 heteroatoms. The minimum atomic E-state index is -0.896. The molecule has 0 unspecified atom stereocenters. The predicted octanol–water partition coefficient (Wildman–Crippen LogP) is 0.0314. The van der Waals surface area contributed by atoms with E-state index in [9.17, 15) is 4.79 Å². The van der Waals surface area contributed by atoms with Crippen molar-refractivity contribution in [3.8, 4) is 5.75 Å². The van der Waals surface area contributed by atoms with Gasteiger partial charge in [-0.15, -0.1) is 0 Å². The van der Waals surface area contributed by atoms with Gasteiger partial charge in [0.05, 0.1) is 12.8 Å². The largest absolute Gasteiger partial charge is 0.410 e. The van der Waals surface area contributed by atoms with Crippen LogP contribution in [0.4, 0.5) is 4.79 Å². The number of hydrogen-bond donors (Lipinski definition) is 2. The summed E-state index contributed by atoms with van der Waals surface area (Å²) in [4.78, 5) is 14.0. The van der Waals surface area contributed by atoms with E-state index in [0.717, 1.165) is 0 Å². The summed E-state index contributed by atoms with van der Waals surface area (Å²) in [5.74, 6) is 0.231. The van der Waals surface area contributed by atoms with Crippen molar-refractivity contribution in [1.29, 1.82) is 0 Å². The van der Waals surface area contributed by atoms with Gasteiger partial charge in [-0.05, 0) is 11.6 Å². The molecule has 0 fully saturated rings. The lowest BCUT2D eigenvalue weighted by molar-refractivity contribution is 0.210. The summed E-state index contributed by atoms with van der Waals surface area (Å²) in [6, 6.07) is 1.48. The van der Waals surface area contributed by atoms with Crippen LogP contribution in [0.1, 0.15) is 5.56 Å². The first-order valence-corrected chi connectivity index (χ1v) is 3.24. The second-order valence-corrected chi connectivity index (χ2v) is 2.11. The summed E-state index contributed by atoms with van der Waals surface area (Å²) in [5.41, 5.74) is 5.33. The van der Waals surface area contributed by atoms with E-state index in [0.29, 0.717) is 5.56 Å². The zero-order valence-electron chi connectivity index (χ0n) is 6.23. The highest BCUT2D eigenvalue weighted by Crippen LogP contribution is 2.10. The Morgan fingerprint density at radius 2 is 2.42 bits per heavy atom. The Balaban J connectivity index is 2.79. The lowest BCUT2D eigenvalue weighted by atomic mass is 10.3. The van der Waals surface area contributed by atoms with E-state index >= 15 is 0 Å². The molecule has 0 spiro atoms. The van der Waals surface area contributed by atoms with Crippen LogP contribution < -0.4 is 10.5 Å². The Kier molecular flexibility index (Phi) is 2.60. The van der Waals surface area contributed by atoms with Crippen LogP contribution in [-0.4, -0.2) is 16.2 Å². The van der Waals surface area contributed by atoms with E-state index in [2.05, 4.69) is 9.72 Å². The second kappa shape index (κ2) is 3.68. The van der Waals surface area contributed by atoms with E-state index in [1.807, 2.05) is 0 Å². The van der Waals surface area contributed by atoms with Crippen LogP contribution in [0, 0.1) is 0 Å². The molecule has 3 N–H and O–H groups in total. The molecule has 0 aliphatic carbocycles. The summed E-state index contributed by atoms with van der Waals surface area (Å²) in [6.45, 7) is -0.150. The number of primary amides is 1. The summed E-state index contributed by atoms with van der Waals surface area (Å²) >= 11 is 0. The van der Waals surface area contributed by atoms with Crippen molar-refractivity contribution in [3.63, 3.8) is 0 Å². The summed E-state index contributed by atoms with van der Waals surface area (Å²) < 4.78 is 4.52. The maximum Gasteiger partial charge on any atom is 0.410 e. The van der Waals surface area contributed by atoms with Gasteiger partial charge in [-0.25, -0.2) is 4.79 Å². The van der Waals surface area contributed by atoms with Crippen LogP contribution in [-0.2, 0) is 6.61 Å². The van der Waals surface area contributed by atoms with Gasteiger partial charge < -0.3 is 15.6 Å². The quantitative estimate of drug-likeness (QED) is 0.652. The number of nitrogens with zero attached hydrogens (tertiary/aromatic N) is 1. The SMILES string of the molecule is NC(=O)Oc1cncc(CO)c1. The molecule has 1 aromatic rings. The first-order valence-electron chi connectivity index (χ1n) is 3.24. The molecule has 0 aliphatic rings. The van der Waals surface area contributed by atoms with Gasteiger partial charge in [-0.1, -0.05) is 0 Å². The minimum absolute atomic E-state index is 0.150. The predicted molar refractivity (Wildman–Crippen MR) is 40.4 cm³/mol. The lowest BCUT2D eigenvalue weighted by Crippen LogP contribution is -2.16. The summed E-state index contributed by atoms with van der Waals surface area (Å²) in [6.07, 6.45) is 1.91. The number of hydrogen-bond acceptors (Lipinski definition) is 4. The van der Waals surface area contributed by atoms with Crippen molar-refractivity contribution < 1.29 is 14.6 Å². The Hall–Kier alpha value is -1.62. The average molecular weight is 168 g/mol. The van der Waals surface area contributed by atoms with E-state index in [1.54, 1.807) is 0 Å². The average Bonchev–Trinajstić information content (AvgIpc) is 2.03. The number of aliphatic hydroxyl groups excluding tert-OH is 1. The molecule has 1 amide bonds. The fourth-order valence-electron chi connectivity index (χ4n) is 0.722. The fourth-order valence-corrected chi connectivity index (χ4v) is 0.722. The van der Waals surface area contributed by atoms with Gasteiger partial charge in [0, 0.05) is 6.20 Å². The Labute approximate surface area is 68.8 Å². The minimum Gasteiger partial charge on any atom is -0.409 e. The molecule has 0 aliphatic heterocycles. The number of aliphatic hydroxyl groups is 1. The number of rotatable bonds is 2. The molecule has 12 heavy (non-hydrogen) atoms. The number of amides is 1. The van der Waals surface area contributed by atoms with Crippen LogP contribution in [0.15, 0.2) is 18.5 Å². The van der Waals surface area contributed by atoms with Crippen LogP contribution in [0.2, 0.25) is 0 Å². The van der Waals surface area contributed by atoms with Crippen molar-refractivity contribution in [2.75, 3.05) is 0 Å². The molecule has 0 radical (unpaired) electrons. The topological polar surface area (TPSA) is 85.4 Å². The van der Waals surface area contributed by atoms with E-state index in [-0.39, 0.29) is 12.4 Å². The van der Waals surface area contributed by atoms with Crippen LogP contribution in [0.25, 0.3) is 0 Å². The highest BCUT2D eigenvalue weighted by atomic mass is 16.5. The second-order valence-electron chi connectivity index (χ2n) is 2.11. The third-order valence-corrected chi connectivity index (χ3v) is 1.17. The molecule has 0 atom stereocenters. The van der Waals surface area contributed by atoms with Gasteiger partial charge >= 0.3 is 6.09 Å². The zero-order chi connectivity index (χ0) is 8.97. The number of pyridine rings is 1. The van der Waals surface area contributed by atoms with Crippen LogP contribution in [0.3, 0.4) is 0 Å². The molecule has 64 valence electrons. The van der Waals surface area contributed by atoms with Crippen LogP contribution >= 0.6 is 0 Å². The van der Waals surface area contributed by atoms with Gasteiger partial charge in [0.15, 0.2) is 5.75 Å². The fraction of sp³-hybridized carbons (Fsp3) is 0.143. The highest BCUT2D eigenvalue weighted by Gasteiger charge is 1.99.